The molecule has 14 heteroatoms. The van der Waals surface area contributed by atoms with Crippen LogP contribution in [-0.2, 0) is 36.8 Å². The van der Waals surface area contributed by atoms with Gasteiger partial charge in [-0.3, -0.25) is 19.2 Å². The van der Waals surface area contributed by atoms with Gasteiger partial charge in [0.25, 0.3) is 0 Å². The summed E-state index contributed by atoms with van der Waals surface area (Å²) in [6.45, 7) is 0.356. The second-order valence-corrected chi connectivity index (χ2v) is 10.4. The molecule has 44 heavy (non-hydrogen) atoms. The third kappa shape index (κ3) is 9.81. The zero-order valence-corrected chi connectivity index (χ0v) is 24.0. The Morgan fingerprint density at radius 3 is 2.09 bits per heavy atom. The number of carboxylic acid groups (broad SMARTS) is 2. The summed E-state index contributed by atoms with van der Waals surface area (Å²) < 4.78 is 0. The first-order valence-electron chi connectivity index (χ1n) is 14.1. The smallest absolute Gasteiger partial charge is 0.326 e. The van der Waals surface area contributed by atoms with Crippen LogP contribution < -0.4 is 27.4 Å². The minimum Gasteiger partial charge on any atom is -0.508 e. The Morgan fingerprint density at radius 2 is 1.43 bits per heavy atom. The van der Waals surface area contributed by atoms with Crippen molar-refractivity contribution >= 4 is 40.6 Å². The molecule has 3 aromatic rings. The molecule has 3 amide bonds. The Hall–Kier alpha value is -4.95. The number of aliphatic carboxylic acids is 2. The Morgan fingerprint density at radius 1 is 0.795 bits per heavy atom. The lowest BCUT2D eigenvalue weighted by molar-refractivity contribution is -0.143. The third-order valence-corrected chi connectivity index (χ3v) is 7.03. The highest BCUT2D eigenvalue weighted by molar-refractivity contribution is 5.96. The number of carbonyl (C=O) groups is 5. The molecule has 1 heterocycles. The number of phenolic OH excluding ortho intramolecular Hbond substituents is 1. The van der Waals surface area contributed by atoms with E-state index in [0.717, 1.165) is 10.9 Å². The number of rotatable bonds is 17. The molecular weight excluding hydrogens is 572 g/mol. The number of nitrogens with one attached hydrogen (secondary N) is 4. The van der Waals surface area contributed by atoms with Crippen LogP contribution in [0.25, 0.3) is 10.9 Å². The van der Waals surface area contributed by atoms with Gasteiger partial charge in [0, 0.05) is 23.5 Å². The fraction of sp³-hybridized carbons (Fsp3) is 0.367. The number of benzene rings is 2. The number of carbonyl (C=O) groups excluding carboxylic acids is 3. The summed E-state index contributed by atoms with van der Waals surface area (Å²) in [5, 5.41) is 36.7. The van der Waals surface area contributed by atoms with Crippen LogP contribution in [0.3, 0.4) is 0 Å². The molecule has 0 radical (unpaired) electrons. The summed E-state index contributed by atoms with van der Waals surface area (Å²) in [6, 6.07) is 7.92. The van der Waals surface area contributed by atoms with Gasteiger partial charge in [-0.2, -0.15) is 0 Å². The van der Waals surface area contributed by atoms with Crippen molar-refractivity contribution in [3.63, 3.8) is 0 Å². The number of unbranched alkanes of at least 4 members (excludes halogenated alkanes) is 1. The molecule has 3 rings (SSSR count). The first-order chi connectivity index (χ1) is 21.0. The second-order valence-electron chi connectivity index (χ2n) is 10.4. The molecule has 0 spiro atoms. The molecule has 0 aliphatic rings. The number of aromatic nitrogens is 1. The van der Waals surface area contributed by atoms with Crippen molar-refractivity contribution in [1.29, 1.82) is 0 Å². The Balaban J connectivity index is 1.80. The molecule has 236 valence electrons. The molecule has 4 unspecified atom stereocenters. The maximum atomic E-state index is 13.4. The quantitative estimate of drug-likeness (QED) is 0.0934. The van der Waals surface area contributed by atoms with E-state index in [-0.39, 0.29) is 25.0 Å². The van der Waals surface area contributed by atoms with E-state index in [9.17, 15) is 39.3 Å². The van der Waals surface area contributed by atoms with Crippen LogP contribution >= 0.6 is 0 Å². The van der Waals surface area contributed by atoms with Crippen LogP contribution in [0, 0.1) is 0 Å². The summed E-state index contributed by atoms with van der Waals surface area (Å²) in [6.07, 6.45) is 1.95. The van der Waals surface area contributed by atoms with Gasteiger partial charge in [-0.05, 0) is 61.6 Å². The van der Waals surface area contributed by atoms with E-state index in [1.165, 1.54) is 12.1 Å². The Bertz CT molecular complexity index is 1460. The van der Waals surface area contributed by atoms with Gasteiger partial charge in [-0.15, -0.1) is 0 Å². The van der Waals surface area contributed by atoms with E-state index in [4.69, 9.17) is 11.5 Å². The highest BCUT2D eigenvalue weighted by Gasteiger charge is 2.32. The van der Waals surface area contributed by atoms with Gasteiger partial charge in [0.05, 0.1) is 12.5 Å². The lowest BCUT2D eigenvalue weighted by Gasteiger charge is -2.25. The van der Waals surface area contributed by atoms with Crippen molar-refractivity contribution in [2.24, 2.45) is 11.5 Å². The SMILES string of the molecule is NCCCCC(NC(=O)C(Cc1c[nH]c2ccccc12)NC(=O)C(CC(=O)O)NC(=O)C(N)Cc1ccc(O)cc1)C(=O)O. The van der Waals surface area contributed by atoms with Crippen molar-refractivity contribution in [1.82, 2.24) is 20.9 Å². The normalized spacial score (nSPS) is 13.8. The zero-order chi connectivity index (χ0) is 32.2. The Labute approximate surface area is 253 Å². The number of H-pyrrole nitrogens is 1. The average Bonchev–Trinajstić information content (AvgIpc) is 3.39. The minimum absolute atomic E-state index is 0.0291. The number of aromatic hydroxyl groups is 1. The molecule has 2 aromatic carbocycles. The number of hydrogen-bond donors (Lipinski definition) is 9. The summed E-state index contributed by atoms with van der Waals surface area (Å²) in [4.78, 5) is 66.2. The first-order valence-corrected chi connectivity index (χ1v) is 14.1. The van der Waals surface area contributed by atoms with E-state index in [1.807, 2.05) is 18.2 Å². The van der Waals surface area contributed by atoms with Crippen molar-refractivity contribution in [2.45, 2.75) is 62.7 Å². The fourth-order valence-corrected chi connectivity index (χ4v) is 4.67. The van der Waals surface area contributed by atoms with E-state index >= 15 is 0 Å². The molecule has 0 aliphatic heterocycles. The lowest BCUT2D eigenvalue weighted by Crippen LogP contribution is -2.58. The van der Waals surface area contributed by atoms with E-state index < -0.39 is 60.2 Å². The number of hydrogen-bond acceptors (Lipinski definition) is 8. The molecule has 0 aliphatic carbocycles. The summed E-state index contributed by atoms with van der Waals surface area (Å²) >= 11 is 0. The van der Waals surface area contributed by atoms with Crippen LogP contribution in [0.1, 0.15) is 36.8 Å². The molecule has 0 saturated carbocycles. The van der Waals surface area contributed by atoms with Crippen LogP contribution in [0.2, 0.25) is 0 Å². The number of nitrogens with two attached hydrogens (primary N) is 2. The van der Waals surface area contributed by atoms with Crippen LogP contribution in [0.4, 0.5) is 0 Å². The van der Waals surface area contributed by atoms with Crippen LogP contribution in [0.5, 0.6) is 5.75 Å². The summed E-state index contributed by atoms with van der Waals surface area (Å²) in [5.74, 6) is -5.18. The van der Waals surface area contributed by atoms with Crippen LogP contribution in [0.15, 0.2) is 54.7 Å². The molecular formula is C30H38N6O8. The van der Waals surface area contributed by atoms with Gasteiger partial charge in [-0.25, -0.2) is 4.79 Å². The van der Waals surface area contributed by atoms with Crippen molar-refractivity contribution in [3.05, 3.63) is 65.9 Å². The number of amides is 3. The molecule has 4 atom stereocenters. The molecule has 0 saturated heterocycles. The Kier molecular flexibility index (Phi) is 12.2. The van der Waals surface area contributed by atoms with Gasteiger partial charge < -0.3 is 47.7 Å². The number of para-hydroxylation sites is 1. The minimum atomic E-state index is -1.59. The van der Waals surface area contributed by atoms with Crippen molar-refractivity contribution in [3.8, 4) is 5.75 Å². The lowest BCUT2D eigenvalue weighted by atomic mass is 10.0. The highest BCUT2D eigenvalue weighted by Crippen LogP contribution is 2.19. The maximum Gasteiger partial charge on any atom is 0.326 e. The maximum absolute atomic E-state index is 13.4. The number of fused-ring (bicyclic) bond motifs is 1. The van der Waals surface area contributed by atoms with Crippen molar-refractivity contribution < 1.29 is 39.3 Å². The van der Waals surface area contributed by atoms with Crippen LogP contribution in [-0.4, -0.2) is 80.7 Å². The third-order valence-electron chi connectivity index (χ3n) is 7.03. The van der Waals surface area contributed by atoms with Gasteiger partial charge in [0.1, 0.15) is 23.9 Å². The first kappa shape index (κ1) is 33.6. The van der Waals surface area contributed by atoms with E-state index in [1.54, 1.807) is 24.4 Å². The largest absolute Gasteiger partial charge is 0.508 e. The molecule has 0 bridgehead atoms. The highest BCUT2D eigenvalue weighted by atomic mass is 16.4. The predicted molar refractivity (Wildman–Crippen MR) is 160 cm³/mol. The topological polar surface area (TPSA) is 250 Å². The zero-order valence-electron chi connectivity index (χ0n) is 24.0. The van der Waals surface area contributed by atoms with E-state index in [2.05, 4.69) is 20.9 Å². The molecule has 0 fully saturated rings. The average molecular weight is 611 g/mol. The fourth-order valence-electron chi connectivity index (χ4n) is 4.67. The van der Waals surface area contributed by atoms with Crippen molar-refractivity contribution in [2.75, 3.05) is 6.54 Å². The van der Waals surface area contributed by atoms with E-state index in [0.29, 0.717) is 30.5 Å². The second kappa shape index (κ2) is 16.0. The number of aromatic amines is 1. The van der Waals surface area contributed by atoms with Gasteiger partial charge in [0.15, 0.2) is 0 Å². The molecule has 1 aromatic heterocycles. The van der Waals surface area contributed by atoms with Gasteiger partial charge in [0.2, 0.25) is 17.7 Å². The monoisotopic (exact) mass is 610 g/mol. The number of carboxylic acids is 2. The standard InChI is InChI=1S/C30H38N6O8/c31-12-4-3-7-23(30(43)44)34-28(41)24(14-18-16-33-22-6-2-1-5-20(18)22)36-29(42)25(15-26(38)39)35-27(40)21(32)13-17-8-10-19(37)11-9-17/h1-2,5-6,8-11,16,21,23-25,33,37H,3-4,7,12-15,31-32H2,(H,34,41)(H,35,40)(H,36,42)(H,38,39)(H,43,44). The summed E-state index contributed by atoms with van der Waals surface area (Å²) in [5.41, 5.74) is 13.6. The van der Waals surface area contributed by atoms with Gasteiger partial charge in [-0.1, -0.05) is 30.3 Å². The molecule has 14 nitrogen and oxygen atoms in total. The molecule has 11 N–H and O–H groups in total. The summed E-state index contributed by atoms with van der Waals surface area (Å²) in [7, 11) is 0. The number of phenols is 1. The predicted octanol–water partition coefficient (Wildman–Crippen LogP) is 0.129. The van der Waals surface area contributed by atoms with Gasteiger partial charge >= 0.3 is 11.9 Å².